The van der Waals surface area contributed by atoms with Crippen LogP contribution in [0.25, 0.3) is 0 Å². The van der Waals surface area contributed by atoms with E-state index < -0.39 is 23.0 Å². The lowest BCUT2D eigenvalue weighted by molar-refractivity contribution is 0.0134. The van der Waals surface area contributed by atoms with Gasteiger partial charge in [0.05, 0.1) is 29.2 Å². The van der Waals surface area contributed by atoms with Gasteiger partial charge in [0.25, 0.3) is 5.91 Å². The first-order valence-electron chi connectivity index (χ1n) is 12.9. The third kappa shape index (κ3) is 6.99. The van der Waals surface area contributed by atoms with Gasteiger partial charge in [-0.1, -0.05) is 41.6 Å². The molecule has 1 aliphatic rings. The molecule has 0 aliphatic carbocycles. The number of carbonyl (C=O) groups is 2. The molecular formula is C30H31ClN6O3. The second-order valence-corrected chi connectivity index (χ2v) is 11.2. The van der Waals surface area contributed by atoms with Crippen molar-refractivity contribution in [1.82, 2.24) is 19.7 Å². The molecule has 0 saturated carbocycles. The van der Waals surface area contributed by atoms with E-state index in [-0.39, 0.29) is 17.3 Å². The van der Waals surface area contributed by atoms with E-state index >= 15 is 0 Å². The van der Waals surface area contributed by atoms with Crippen molar-refractivity contribution < 1.29 is 14.3 Å². The number of hydrogen-bond donors (Lipinski definition) is 1. The summed E-state index contributed by atoms with van der Waals surface area (Å²) in [4.78, 5) is 31.7. The molecule has 206 valence electrons. The van der Waals surface area contributed by atoms with Crippen molar-refractivity contribution in [2.45, 2.75) is 52.7 Å². The molecule has 0 atom stereocenters. The number of nitriles is 1. The fraction of sp³-hybridized carbons (Fsp3) is 0.367. The highest BCUT2D eigenvalue weighted by atomic mass is 35.5. The lowest BCUT2D eigenvalue weighted by Crippen LogP contribution is -2.46. The Hall–Kier alpha value is -4.34. The zero-order valence-corrected chi connectivity index (χ0v) is 23.7. The summed E-state index contributed by atoms with van der Waals surface area (Å²) >= 11 is 6.37. The lowest BCUT2D eigenvalue weighted by atomic mass is 9.79. The Morgan fingerprint density at radius 1 is 1.12 bits per heavy atom. The molecule has 0 bridgehead atoms. The van der Waals surface area contributed by atoms with Crippen LogP contribution < -0.4 is 5.32 Å². The van der Waals surface area contributed by atoms with E-state index in [0.717, 1.165) is 16.7 Å². The van der Waals surface area contributed by atoms with E-state index in [4.69, 9.17) is 16.3 Å². The van der Waals surface area contributed by atoms with Gasteiger partial charge >= 0.3 is 6.09 Å². The van der Waals surface area contributed by atoms with Gasteiger partial charge in [0, 0.05) is 30.4 Å². The highest BCUT2D eigenvalue weighted by molar-refractivity contribution is 6.34. The predicted octanol–water partition coefficient (Wildman–Crippen LogP) is 5.43. The lowest BCUT2D eigenvalue weighted by Gasteiger charge is -2.37. The van der Waals surface area contributed by atoms with Crippen LogP contribution in [0.15, 0.2) is 48.8 Å². The molecule has 9 nitrogen and oxygen atoms in total. The number of amides is 2. The quantitative estimate of drug-likeness (QED) is 0.427. The summed E-state index contributed by atoms with van der Waals surface area (Å²) < 4.78 is 6.92. The number of aromatic nitrogens is 3. The van der Waals surface area contributed by atoms with Gasteiger partial charge in [0.1, 0.15) is 17.1 Å². The van der Waals surface area contributed by atoms with E-state index in [0.29, 0.717) is 31.7 Å². The predicted molar refractivity (Wildman–Crippen MR) is 152 cm³/mol. The topological polar surface area (TPSA) is 113 Å². The number of nitrogens with zero attached hydrogens (tertiary/aromatic N) is 5. The normalized spacial score (nSPS) is 14.4. The van der Waals surface area contributed by atoms with Crippen LogP contribution in [0.1, 0.15) is 60.8 Å². The van der Waals surface area contributed by atoms with Crippen LogP contribution >= 0.6 is 11.6 Å². The van der Waals surface area contributed by atoms with E-state index in [1.807, 2.05) is 64.1 Å². The molecule has 1 N–H and O–H groups in total. The molecule has 10 heteroatoms. The van der Waals surface area contributed by atoms with Crippen LogP contribution in [-0.2, 0) is 11.3 Å². The fourth-order valence-electron chi connectivity index (χ4n) is 4.35. The van der Waals surface area contributed by atoms with Crippen LogP contribution in [0.5, 0.6) is 0 Å². The Labute approximate surface area is 239 Å². The third-order valence-electron chi connectivity index (χ3n) is 6.51. The molecule has 0 unspecified atom stereocenters. The standard InChI is InChI=1S/C30H31ClN6O3/c1-21-16-23(11-10-22-8-6-5-7-9-22)17-33-26(21)35-27(38)25-24(31)18-34-37(25)20-30(19-32)12-14-36(15-13-30)28(39)40-29(2,3)4/h5-9,16-18H,12-15,20H2,1-4H3,(H,33,35,38). The SMILES string of the molecule is Cc1cc(C#Cc2ccccc2)cnc1NC(=O)c1c(Cl)cnn1CC1(C#N)CCN(C(=O)OC(C)(C)C)CC1. The van der Waals surface area contributed by atoms with Crippen LogP contribution in [-0.4, -0.2) is 50.4 Å². The van der Waals surface area contributed by atoms with Gasteiger partial charge in [-0.05, 0) is 64.3 Å². The van der Waals surface area contributed by atoms with Crippen molar-refractivity contribution in [2.24, 2.45) is 5.41 Å². The second kappa shape index (κ2) is 11.8. The molecule has 0 radical (unpaired) electrons. The van der Waals surface area contributed by atoms with Crippen LogP contribution in [0, 0.1) is 35.5 Å². The molecule has 1 saturated heterocycles. The largest absolute Gasteiger partial charge is 0.444 e. The Bertz CT molecular complexity index is 1500. The van der Waals surface area contributed by atoms with Gasteiger partial charge < -0.3 is 15.0 Å². The molecular weight excluding hydrogens is 528 g/mol. The zero-order valence-electron chi connectivity index (χ0n) is 23.0. The fourth-order valence-corrected chi connectivity index (χ4v) is 4.58. The summed E-state index contributed by atoms with van der Waals surface area (Å²) in [6.07, 6.45) is 3.41. The van der Waals surface area contributed by atoms with Crippen LogP contribution in [0.4, 0.5) is 10.6 Å². The Morgan fingerprint density at radius 3 is 2.42 bits per heavy atom. The second-order valence-electron chi connectivity index (χ2n) is 10.8. The molecule has 2 aromatic heterocycles. The van der Waals surface area contributed by atoms with E-state index in [9.17, 15) is 14.9 Å². The molecule has 3 heterocycles. The van der Waals surface area contributed by atoms with Gasteiger partial charge in [0.15, 0.2) is 0 Å². The molecule has 1 aliphatic heterocycles. The minimum absolute atomic E-state index is 0.139. The van der Waals surface area contributed by atoms with Crippen LogP contribution in [0.2, 0.25) is 5.02 Å². The first-order valence-corrected chi connectivity index (χ1v) is 13.3. The Morgan fingerprint density at radius 2 is 1.80 bits per heavy atom. The minimum atomic E-state index is -0.823. The molecule has 3 aromatic rings. The molecule has 2 amide bonds. The Kier molecular flexibility index (Phi) is 8.46. The molecule has 1 aromatic carbocycles. The molecule has 4 rings (SSSR count). The number of anilines is 1. The van der Waals surface area contributed by atoms with Gasteiger partial charge in [-0.2, -0.15) is 10.4 Å². The number of halogens is 1. The van der Waals surface area contributed by atoms with Crippen molar-refractivity contribution in [1.29, 1.82) is 5.26 Å². The van der Waals surface area contributed by atoms with Gasteiger partial charge in [-0.15, -0.1) is 0 Å². The average Bonchev–Trinajstić information content (AvgIpc) is 3.28. The number of carbonyl (C=O) groups excluding carboxylic acids is 2. The van der Waals surface area contributed by atoms with Gasteiger partial charge in [-0.25, -0.2) is 9.78 Å². The number of aryl methyl sites for hydroxylation is 1. The highest BCUT2D eigenvalue weighted by Crippen LogP contribution is 2.34. The summed E-state index contributed by atoms with van der Waals surface area (Å²) in [7, 11) is 0. The van der Waals surface area contributed by atoms with E-state index in [1.165, 1.54) is 10.9 Å². The highest BCUT2D eigenvalue weighted by Gasteiger charge is 2.39. The number of rotatable bonds is 4. The maximum Gasteiger partial charge on any atom is 0.410 e. The number of pyridine rings is 1. The number of likely N-dealkylation sites (tertiary alicyclic amines) is 1. The van der Waals surface area contributed by atoms with Crippen molar-refractivity contribution in [2.75, 3.05) is 18.4 Å². The van der Waals surface area contributed by atoms with Crippen molar-refractivity contribution in [3.8, 4) is 17.9 Å². The minimum Gasteiger partial charge on any atom is -0.444 e. The molecule has 40 heavy (non-hydrogen) atoms. The van der Waals surface area contributed by atoms with Crippen molar-refractivity contribution in [3.05, 3.63) is 76.2 Å². The number of nitrogens with one attached hydrogen (secondary N) is 1. The third-order valence-corrected chi connectivity index (χ3v) is 6.78. The summed E-state index contributed by atoms with van der Waals surface area (Å²) in [6, 6.07) is 13.9. The van der Waals surface area contributed by atoms with E-state index in [2.05, 4.69) is 33.3 Å². The van der Waals surface area contributed by atoms with Crippen molar-refractivity contribution in [3.63, 3.8) is 0 Å². The van der Waals surface area contributed by atoms with Crippen LogP contribution in [0.3, 0.4) is 0 Å². The van der Waals surface area contributed by atoms with Gasteiger partial charge in [-0.3, -0.25) is 9.48 Å². The summed E-state index contributed by atoms with van der Waals surface area (Å²) in [5.74, 6) is 6.06. The number of hydrogen-bond acceptors (Lipinski definition) is 6. The first kappa shape index (κ1) is 28.7. The maximum absolute atomic E-state index is 13.3. The summed E-state index contributed by atoms with van der Waals surface area (Å²) in [5.41, 5.74) is 1.06. The molecule has 0 spiro atoms. The zero-order chi connectivity index (χ0) is 28.9. The number of benzene rings is 1. The van der Waals surface area contributed by atoms with Gasteiger partial charge in [0.2, 0.25) is 0 Å². The van der Waals surface area contributed by atoms with E-state index in [1.54, 1.807) is 11.1 Å². The number of ether oxygens (including phenoxy) is 1. The number of piperidine rings is 1. The van der Waals surface area contributed by atoms with Crippen molar-refractivity contribution >= 4 is 29.4 Å². The monoisotopic (exact) mass is 558 g/mol. The average molecular weight is 559 g/mol. The first-order chi connectivity index (χ1) is 19.0. The maximum atomic E-state index is 13.3. The molecule has 1 fully saturated rings. The Balaban J connectivity index is 1.45. The smallest absolute Gasteiger partial charge is 0.410 e. The summed E-state index contributed by atoms with van der Waals surface area (Å²) in [5, 5.41) is 17.3. The summed E-state index contributed by atoms with van der Waals surface area (Å²) in [6.45, 7) is 8.15.